The van der Waals surface area contributed by atoms with E-state index in [2.05, 4.69) is 0 Å². The van der Waals surface area contributed by atoms with Crippen molar-refractivity contribution in [2.75, 3.05) is 0 Å². The number of rotatable bonds is 9. The molecule has 0 radical (unpaired) electrons. The van der Waals surface area contributed by atoms with Crippen molar-refractivity contribution >= 4 is 41.6 Å². The fourth-order valence-electron chi connectivity index (χ4n) is 9.97. The summed E-state index contributed by atoms with van der Waals surface area (Å²) < 4.78 is 46.7. The normalized spacial score (nSPS) is 26.7. The Balaban J connectivity index is 0.801. The predicted molar refractivity (Wildman–Crippen MR) is 263 cm³/mol. The Morgan fingerprint density at radius 3 is 1.38 bits per heavy atom. The topological polar surface area (TPSA) is 422 Å². The number of ether oxygens (including phenoxy) is 8. The Labute approximate surface area is 451 Å². The van der Waals surface area contributed by atoms with Gasteiger partial charge in [-0.15, -0.1) is 0 Å². The Bertz CT molecular complexity index is 3800. The van der Waals surface area contributed by atoms with Gasteiger partial charge in [0.15, 0.2) is 46.0 Å². The minimum Gasteiger partial charge on any atom is -0.508 e. The lowest BCUT2D eigenvalue weighted by Gasteiger charge is -2.50. The second-order valence-electron chi connectivity index (χ2n) is 19.1. The highest BCUT2D eigenvalue weighted by atomic mass is 16.8. The van der Waals surface area contributed by atoms with E-state index in [1.807, 2.05) is 0 Å². The minimum absolute atomic E-state index is 0.0637. The molecule has 4 heterocycles. The first-order valence-corrected chi connectivity index (χ1v) is 23.8. The molecule has 13 N–H and O–H groups in total. The van der Waals surface area contributed by atoms with Crippen LogP contribution in [0.4, 0.5) is 0 Å². The quantitative estimate of drug-likeness (QED) is 0.0562. The maximum Gasteiger partial charge on any atom is 0.357 e. The van der Waals surface area contributed by atoms with Crippen LogP contribution in [0.15, 0.2) is 109 Å². The Hall–Kier alpha value is -10.4. The predicted octanol–water partition coefficient (Wildman–Crippen LogP) is 3.03. The van der Waals surface area contributed by atoms with Gasteiger partial charge in [-0.25, -0.2) is 14.4 Å². The smallest absolute Gasteiger partial charge is 0.357 e. The molecule has 0 spiro atoms. The minimum atomic E-state index is -3.22. The standard InChI is InChI=1S/C55H40O26/c56-27-17-33(62)45-40(19-27)79-54(25-5-7-29(58)31(60)15-25)52(72,48(45)68)75-38-13-23(1-9-36(38)77-54)3-11-43(65)74-42-22-51(50(70)71,21-35(64)47(42)67)81-44(66)12-4-24-2-10-37-39(14-24)76-53(73)49(69)46-34(63)18-28(57)20-41(46)80-55(53,78-37)26-6-8-30(59)32(61)16-26/h1-20,35,42,47,56-64,67,72-73H,21-22H2,(H,70,71)/b11-3+,12-4+/t35-,42-,47-,51+,52?,53?,54?,55?/m1/s1. The van der Waals surface area contributed by atoms with Crippen molar-refractivity contribution in [3.8, 4) is 80.5 Å². The number of carbonyl (C=O) groups excluding carboxylic acids is 4. The van der Waals surface area contributed by atoms with E-state index in [0.29, 0.717) is 0 Å². The van der Waals surface area contributed by atoms with Crippen molar-refractivity contribution in [2.45, 2.75) is 59.9 Å². The molecule has 1 fully saturated rings. The van der Waals surface area contributed by atoms with Crippen molar-refractivity contribution in [3.63, 3.8) is 0 Å². The lowest BCUT2D eigenvalue weighted by atomic mass is 9.79. The van der Waals surface area contributed by atoms with E-state index in [9.17, 15) is 90.4 Å². The van der Waals surface area contributed by atoms with Crippen LogP contribution in [0.3, 0.4) is 0 Å². The third-order valence-electron chi connectivity index (χ3n) is 13.9. The monoisotopic (exact) mass is 1120 g/mol. The number of aliphatic hydroxyl groups excluding tert-OH is 2. The van der Waals surface area contributed by atoms with Crippen LogP contribution >= 0.6 is 0 Å². The molecule has 11 rings (SSSR count). The molecule has 8 atom stereocenters. The second-order valence-corrected chi connectivity index (χ2v) is 19.1. The first kappa shape index (κ1) is 52.6. The van der Waals surface area contributed by atoms with Crippen LogP contribution in [0, 0.1) is 0 Å². The highest BCUT2D eigenvalue weighted by Crippen LogP contribution is 2.58. The van der Waals surface area contributed by atoms with Gasteiger partial charge in [0.1, 0.15) is 57.8 Å². The van der Waals surface area contributed by atoms with Gasteiger partial charge in [0.2, 0.25) is 5.60 Å². The van der Waals surface area contributed by atoms with Gasteiger partial charge in [0.25, 0.3) is 11.6 Å². The molecule has 26 nitrogen and oxygen atoms in total. The van der Waals surface area contributed by atoms with E-state index in [-0.39, 0.29) is 45.3 Å². The van der Waals surface area contributed by atoms with E-state index in [1.54, 1.807) is 0 Å². The van der Waals surface area contributed by atoms with Gasteiger partial charge in [-0.05, 0) is 83.9 Å². The van der Waals surface area contributed by atoms with Gasteiger partial charge < -0.3 is 104 Å². The van der Waals surface area contributed by atoms with Gasteiger partial charge in [-0.1, -0.05) is 12.1 Å². The van der Waals surface area contributed by atoms with Crippen LogP contribution < -0.4 is 28.4 Å². The highest BCUT2D eigenvalue weighted by Gasteiger charge is 2.72. The molecule has 5 aliphatic rings. The number of aliphatic carboxylic acids is 1. The number of carbonyl (C=O) groups is 5. The number of aliphatic hydroxyl groups is 4. The van der Waals surface area contributed by atoms with Crippen LogP contribution in [0.5, 0.6) is 80.5 Å². The Morgan fingerprint density at radius 1 is 0.494 bits per heavy atom. The number of Topliss-reactive ketones (excluding diaryl/α,β-unsaturated/α-hetero) is 2. The highest BCUT2D eigenvalue weighted by molar-refractivity contribution is 6.09. The molecule has 4 aliphatic heterocycles. The summed E-state index contributed by atoms with van der Waals surface area (Å²) in [5.41, 5.74) is -4.31. The van der Waals surface area contributed by atoms with Gasteiger partial charge in [0.05, 0.1) is 6.10 Å². The summed E-state index contributed by atoms with van der Waals surface area (Å²) >= 11 is 0. The lowest BCUT2D eigenvalue weighted by Crippen LogP contribution is -2.70. The molecule has 26 heteroatoms. The summed E-state index contributed by atoms with van der Waals surface area (Å²) in [6.07, 6.45) is -3.71. The van der Waals surface area contributed by atoms with E-state index in [4.69, 9.17) is 37.9 Å². The zero-order chi connectivity index (χ0) is 57.9. The number of fused-ring (bicyclic) bond motifs is 6. The number of phenolic OH excluding ortho intramolecular Hbond substituents is 8. The van der Waals surface area contributed by atoms with Crippen molar-refractivity contribution in [1.29, 1.82) is 0 Å². The van der Waals surface area contributed by atoms with Crippen molar-refractivity contribution in [2.24, 2.45) is 0 Å². The van der Waals surface area contributed by atoms with Gasteiger partial charge in [-0.2, -0.15) is 0 Å². The van der Waals surface area contributed by atoms with Crippen molar-refractivity contribution < 1.29 is 128 Å². The average molecular weight is 1120 g/mol. The van der Waals surface area contributed by atoms with E-state index >= 15 is 0 Å². The zero-order valence-electron chi connectivity index (χ0n) is 40.8. The number of phenols is 8. The second kappa shape index (κ2) is 18.3. The third-order valence-corrected chi connectivity index (χ3v) is 13.9. The molecule has 1 aliphatic carbocycles. The van der Waals surface area contributed by atoms with Crippen molar-refractivity contribution in [1.82, 2.24) is 0 Å². The van der Waals surface area contributed by atoms with Gasteiger partial charge in [0, 0.05) is 60.4 Å². The summed E-state index contributed by atoms with van der Waals surface area (Å²) in [5, 5.41) is 139. The molecule has 1 saturated carbocycles. The molecular formula is C55H40O26. The average Bonchev–Trinajstić information content (AvgIpc) is 1.19. The molecule has 0 saturated heterocycles. The largest absolute Gasteiger partial charge is 0.508 e. The fraction of sp³-hybridized carbons (Fsp3) is 0.182. The fourth-order valence-corrected chi connectivity index (χ4v) is 9.97. The zero-order valence-corrected chi connectivity index (χ0v) is 40.8. The lowest BCUT2D eigenvalue weighted by molar-refractivity contribution is -0.316. The number of ketones is 2. The molecule has 416 valence electrons. The number of carboxylic acid groups (broad SMARTS) is 1. The van der Waals surface area contributed by atoms with Crippen LogP contribution in [0.1, 0.15) is 55.8 Å². The number of hydrogen-bond acceptors (Lipinski definition) is 25. The van der Waals surface area contributed by atoms with Gasteiger partial charge in [-0.3, -0.25) is 9.59 Å². The van der Waals surface area contributed by atoms with E-state index in [1.165, 1.54) is 30.3 Å². The van der Waals surface area contributed by atoms with Crippen LogP contribution in [-0.4, -0.2) is 131 Å². The van der Waals surface area contributed by atoms with Crippen molar-refractivity contribution in [3.05, 3.63) is 143 Å². The molecule has 0 amide bonds. The Kier molecular flexibility index (Phi) is 11.9. The molecule has 6 aromatic rings. The molecule has 0 aromatic heterocycles. The van der Waals surface area contributed by atoms with Crippen LogP contribution in [-0.2, 0) is 35.4 Å². The van der Waals surface area contributed by atoms with Crippen LogP contribution in [0.25, 0.3) is 12.2 Å². The number of esters is 2. The molecule has 6 aromatic carbocycles. The first-order valence-electron chi connectivity index (χ1n) is 23.8. The first-order chi connectivity index (χ1) is 38.3. The summed E-state index contributed by atoms with van der Waals surface area (Å²) in [6.45, 7) is 0. The summed E-state index contributed by atoms with van der Waals surface area (Å²) in [7, 11) is 0. The number of hydrogen-bond donors (Lipinski definition) is 13. The van der Waals surface area contributed by atoms with Crippen LogP contribution in [0.2, 0.25) is 0 Å². The van der Waals surface area contributed by atoms with E-state index < -0.39 is 158 Å². The summed E-state index contributed by atoms with van der Waals surface area (Å²) in [5.74, 6) is -26.4. The maximum atomic E-state index is 14.1. The number of carboxylic acids is 1. The maximum absolute atomic E-state index is 14.1. The summed E-state index contributed by atoms with van der Waals surface area (Å²) in [4.78, 5) is 67.8. The third kappa shape index (κ3) is 8.23. The van der Waals surface area contributed by atoms with Gasteiger partial charge >= 0.3 is 41.1 Å². The molecule has 0 bridgehead atoms. The number of benzene rings is 6. The Morgan fingerprint density at radius 2 is 0.938 bits per heavy atom. The molecular weight excluding hydrogens is 1080 g/mol. The molecule has 81 heavy (non-hydrogen) atoms. The number of aromatic hydroxyl groups is 8. The summed E-state index contributed by atoms with van der Waals surface area (Å²) in [6, 6.07) is 17.0. The SMILES string of the molecule is O=C(/C=C/c1ccc2c(c1)OC1(O)C(=O)c3c(O)cc(O)cc3OC1(c1ccc(O)c(O)c1)O2)O[C@@H]1C[C@](OC(=O)/C=C/c2ccc3c(c2)OC2(O)C(=O)c4c(O)cc(O)cc4OC2(c2ccc(O)c(O)c2)O3)(C(=O)O)C[C@@H](O)[C@H]1O. The van der Waals surface area contributed by atoms with E-state index in [0.717, 1.165) is 91.0 Å². The molecule has 4 unspecified atom stereocenters.